The van der Waals surface area contributed by atoms with Crippen LogP contribution in [0.5, 0.6) is 0 Å². The molecule has 3 aromatic rings. The zero-order chi connectivity index (χ0) is 20.8. The summed E-state index contributed by atoms with van der Waals surface area (Å²) >= 11 is 0. The van der Waals surface area contributed by atoms with Crippen molar-refractivity contribution in [3.05, 3.63) is 87.7 Å². The molecule has 1 aromatic heterocycles. The Hall–Kier alpha value is -4.69. The Morgan fingerprint density at radius 3 is 2.45 bits per heavy atom. The second kappa shape index (κ2) is 8.33. The number of nitro benzene ring substituents is 1. The lowest BCUT2D eigenvalue weighted by Gasteiger charge is -2.05. The first-order valence-electron chi connectivity index (χ1n) is 8.29. The molecule has 8 nitrogen and oxygen atoms in total. The highest BCUT2D eigenvalue weighted by Gasteiger charge is 2.13. The minimum atomic E-state index is -0.677. The lowest BCUT2D eigenvalue weighted by Crippen LogP contribution is -2.14. The standard InChI is InChI=1S/C21H12N4O4/c22-12-15-3-1-2-4-19(15)24-21(26)16(13-23)11-18-9-10-20(29-18)14-5-7-17(8-6-14)25(27)28/h1-11H,(H,24,26)/b16-11+. The van der Waals surface area contributed by atoms with Crippen LogP contribution in [-0.2, 0) is 4.79 Å². The van der Waals surface area contributed by atoms with Crippen molar-refractivity contribution in [2.75, 3.05) is 5.32 Å². The van der Waals surface area contributed by atoms with Crippen LogP contribution in [0.3, 0.4) is 0 Å². The van der Waals surface area contributed by atoms with Gasteiger partial charge in [-0.3, -0.25) is 14.9 Å². The average molecular weight is 384 g/mol. The zero-order valence-corrected chi connectivity index (χ0v) is 14.8. The van der Waals surface area contributed by atoms with E-state index in [1.165, 1.54) is 18.2 Å². The van der Waals surface area contributed by atoms with E-state index in [4.69, 9.17) is 9.68 Å². The van der Waals surface area contributed by atoms with Crippen molar-refractivity contribution in [1.82, 2.24) is 0 Å². The predicted octanol–water partition coefficient (Wildman–Crippen LogP) is 4.27. The predicted molar refractivity (Wildman–Crippen MR) is 104 cm³/mol. The second-order valence-corrected chi connectivity index (χ2v) is 5.79. The number of nitrogens with zero attached hydrogens (tertiary/aromatic N) is 3. The fourth-order valence-corrected chi connectivity index (χ4v) is 2.50. The molecular formula is C21H12N4O4. The van der Waals surface area contributed by atoms with Crippen LogP contribution in [0.2, 0.25) is 0 Å². The highest BCUT2D eigenvalue weighted by atomic mass is 16.6. The molecule has 140 valence electrons. The third kappa shape index (κ3) is 4.35. The summed E-state index contributed by atoms with van der Waals surface area (Å²) in [7, 11) is 0. The summed E-state index contributed by atoms with van der Waals surface area (Å²) in [6, 6.07) is 19.2. The molecule has 0 radical (unpaired) electrons. The maximum Gasteiger partial charge on any atom is 0.269 e. The molecule has 0 aliphatic heterocycles. The Morgan fingerprint density at radius 2 is 1.79 bits per heavy atom. The quantitative estimate of drug-likeness (QED) is 0.302. The fourth-order valence-electron chi connectivity index (χ4n) is 2.50. The van der Waals surface area contributed by atoms with Crippen molar-refractivity contribution in [3.8, 4) is 23.5 Å². The molecule has 0 aliphatic carbocycles. The fraction of sp³-hybridized carbons (Fsp3) is 0. The number of carbonyl (C=O) groups is 1. The second-order valence-electron chi connectivity index (χ2n) is 5.79. The van der Waals surface area contributed by atoms with Gasteiger partial charge < -0.3 is 9.73 Å². The number of para-hydroxylation sites is 1. The Bertz CT molecular complexity index is 1190. The van der Waals surface area contributed by atoms with Gasteiger partial charge in [0.15, 0.2) is 0 Å². The molecule has 2 aromatic carbocycles. The van der Waals surface area contributed by atoms with Crippen LogP contribution in [0.25, 0.3) is 17.4 Å². The molecule has 0 saturated heterocycles. The molecule has 0 fully saturated rings. The van der Waals surface area contributed by atoms with Gasteiger partial charge in [0.1, 0.15) is 29.2 Å². The Labute approximate surface area is 165 Å². The van der Waals surface area contributed by atoms with E-state index in [2.05, 4.69) is 5.32 Å². The largest absolute Gasteiger partial charge is 0.457 e. The Balaban J connectivity index is 1.81. The summed E-state index contributed by atoms with van der Waals surface area (Å²) in [6.45, 7) is 0. The molecule has 0 aliphatic rings. The number of furan rings is 1. The number of benzene rings is 2. The van der Waals surface area contributed by atoms with E-state index >= 15 is 0 Å². The van der Waals surface area contributed by atoms with Crippen molar-refractivity contribution in [2.45, 2.75) is 0 Å². The highest BCUT2D eigenvalue weighted by molar-refractivity contribution is 6.10. The molecule has 1 amide bonds. The number of hydrogen-bond acceptors (Lipinski definition) is 6. The summed E-state index contributed by atoms with van der Waals surface area (Å²) in [4.78, 5) is 22.6. The number of amides is 1. The number of nitrogens with one attached hydrogen (secondary N) is 1. The molecule has 1 N–H and O–H groups in total. The lowest BCUT2D eigenvalue weighted by atomic mass is 10.1. The average Bonchev–Trinajstić information content (AvgIpc) is 3.21. The molecule has 0 atom stereocenters. The number of nitro groups is 1. The summed E-state index contributed by atoms with van der Waals surface area (Å²) in [6.07, 6.45) is 1.28. The molecular weight excluding hydrogens is 372 g/mol. The summed E-state index contributed by atoms with van der Waals surface area (Å²) in [5.74, 6) is 0.0146. The first-order chi connectivity index (χ1) is 14.0. The summed E-state index contributed by atoms with van der Waals surface area (Å²) in [5, 5.41) is 31.7. The lowest BCUT2D eigenvalue weighted by molar-refractivity contribution is -0.384. The van der Waals surface area contributed by atoms with Crippen LogP contribution < -0.4 is 5.32 Å². The van der Waals surface area contributed by atoms with Crippen LogP contribution in [0.4, 0.5) is 11.4 Å². The van der Waals surface area contributed by atoms with E-state index in [-0.39, 0.29) is 22.6 Å². The Morgan fingerprint density at radius 1 is 1.07 bits per heavy atom. The maximum atomic E-state index is 12.4. The van der Waals surface area contributed by atoms with Gasteiger partial charge in [-0.15, -0.1) is 0 Å². The number of anilines is 1. The van der Waals surface area contributed by atoms with Crippen LogP contribution in [0.1, 0.15) is 11.3 Å². The summed E-state index contributed by atoms with van der Waals surface area (Å²) in [5.41, 5.74) is 0.939. The SMILES string of the molecule is N#C/C(=C\c1ccc(-c2ccc([N+](=O)[O-])cc2)o1)C(=O)Nc1ccccc1C#N. The highest BCUT2D eigenvalue weighted by Crippen LogP contribution is 2.25. The summed E-state index contributed by atoms with van der Waals surface area (Å²) < 4.78 is 5.62. The van der Waals surface area contributed by atoms with E-state index < -0.39 is 10.8 Å². The number of hydrogen-bond donors (Lipinski definition) is 1. The molecule has 0 bridgehead atoms. The molecule has 0 unspecified atom stereocenters. The molecule has 0 saturated carbocycles. The van der Waals surface area contributed by atoms with Gasteiger partial charge in [0.2, 0.25) is 0 Å². The van der Waals surface area contributed by atoms with Crippen molar-refractivity contribution < 1.29 is 14.1 Å². The molecule has 3 rings (SSSR count). The van der Waals surface area contributed by atoms with Crippen molar-refractivity contribution >= 4 is 23.4 Å². The monoisotopic (exact) mass is 384 g/mol. The van der Waals surface area contributed by atoms with Crippen LogP contribution in [0, 0.1) is 32.8 Å². The van der Waals surface area contributed by atoms with Gasteiger partial charge in [-0.2, -0.15) is 10.5 Å². The number of carbonyl (C=O) groups excluding carboxylic acids is 1. The van der Waals surface area contributed by atoms with E-state index in [1.807, 2.05) is 12.1 Å². The van der Waals surface area contributed by atoms with Crippen molar-refractivity contribution in [3.63, 3.8) is 0 Å². The molecule has 8 heteroatoms. The number of non-ortho nitro benzene ring substituents is 1. The van der Waals surface area contributed by atoms with Gasteiger partial charge in [-0.25, -0.2) is 0 Å². The normalized spacial score (nSPS) is 10.6. The van der Waals surface area contributed by atoms with Crippen LogP contribution in [0.15, 0.2) is 70.7 Å². The minimum absolute atomic E-state index is 0.0403. The van der Waals surface area contributed by atoms with Gasteiger partial charge >= 0.3 is 0 Å². The van der Waals surface area contributed by atoms with E-state index in [0.29, 0.717) is 17.0 Å². The maximum absolute atomic E-state index is 12.4. The van der Waals surface area contributed by atoms with Gasteiger partial charge in [0.05, 0.1) is 16.2 Å². The Kier molecular flexibility index (Phi) is 5.48. The number of rotatable bonds is 5. The van der Waals surface area contributed by atoms with Crippen molar-refractivity contribution in [2.24, 2.45) is 0 Å². The third-order valence-electron chi connectivity index (χ3n) is 3.94. The topological polar surface area (TPSA) is 133 Å². The van der Waals surface area contributed by atoms with Gasteiger partial charge in [0.25, 0.3) is 11.6 Å². The molecule has 1 heterocycles. The number of nitriles is 2. The molecule has 0 spiro atoms. The van der Waals surface area contributed by atoms with Crippen molar-refractivity contribution in [1.29, 1.82) is 10.5 Å². The smallest absolute Gasteiger partial charge is 0.269 e. The molecule has 29 heavy (non-hydrogen) atoms. The van der Waals surface area contributed by atoms with Gasteiger partial charge in [-0.1, -0.05) is 12.1 Å². The first-order valence-corrected chi connectivity index (χ1v) is 8.29. The van der Waals surface area contributed by atoms with E-state index in [0.717, 1.165) is 0 Å². The minimum Gasteiger partial charge on any atom is -0.457 e. The van der Waals surface area contributed by atoms with Gasteiger partial charge in [0, 0.05) is 23.8 Å². The third-order valence-corrected chi connectivity index (χ3v) is 3.94. The van der Waals surface area contributed by atoms with Crippen LogP contribution in [-0.4, -0.2) is 10.8 Å². The van der Waals surface area contributed by atoms with Crippen LogP contribution >= 0.6 is 0 Å². The van der Waals surface area contributed by atoms with E-state index in [9.17, 15) is 20.2 Å². The van der Waals surface area contributed by atoms with E-state index in [1.54, 1.807) is 48.5 Å². The van der Waals surface area contributed by atoms with Gasteiger partial charge in [-0.05, 0) is 36.4 Å². The first kappa shape index (κ1) is 19.1. The zero-order valence-electron chi connectivity index (χ0n) is 14.8.